The number of para-hydroxylation sites is 1. The van der Waals surface area contributed by atoms with Crippen molar-refractivity contribution in [2.24, 2.45) is 0 Å². The Morgan fingerprint density at radius 3 is 2.26 bits per heavy atom. The second-order valence-electron chi connectivity index (χ2n) is 5.75. The Morgan fingerprint density at radius 1 is 1.00 bits per heavy atom. The SMILES string of the molecule is COC(=O)c1sccc1S(=O)(=O)N(CCc1ccccc1)c1ccccc1. The Morgan fingerprint density at radius 2 is 1.63 bits per heavy atom. The second-order valence-corrected chi connectivity index (χ2v) is 8.50. The van der Waals surface area contributed by atoms with Crippen LogP contribution in [0.5, 0.6) is 0 Å². The van der Waals surface area contributed by atoms with Crippen LogP contribution in [0.1, 0.15) is 15.2 Å². The van der Waals surface area contributed by atoms with Crippen LogP contribution in [-0.2, 0) is 21.2 Å². The summed E-state index contributed by atoms with van der Waals surface area (Å²) < 4.78 is 32.8. The van der Waals surface area contributed by atoms with Crippen molar-refractivity contribution in [1.82, 2.24) is 0 Å². The predicted molar refractivity (Wildman–Crippen MR) is 107 cm³/mol. The van der Waals surface area contributed by atoms with Crippen molar-refractivity contribution in [3.05, 3.63) is 82.6 Å². The number of methoxy groups -OCH3 is 1. The summed E-state index contributed by atoms with van der Waals surface area (Å²) in [5.41, 5.74) is 1.59. The normalized spacial score (nSPS) is 11.1. The fourth-order valence-electron chi connectivity index (χ4n) is 2.72. The maximum atomic E-state index is 13.4. The van der Waals surface area contributed by atoms with Gasteiger partial charge in [0.05, 0.1) is 12.8 Å². The molecule has 0 saturated heterocycles. The largest absolute Gasteiger partial charge is 0.465 e. The first kappa shape index (κ1) is 19.1. The zero-order valence-electron chi connectivity index (χ0n) is 14.7. The van der Waals surface area contributed by atoms with E-state index in [-0.39, 0.29) is 16.3 Å². The molecule has 0 unspecified atom stereocenters. The molecule has 3 aromatic rings. The zero-order valence-corrected chi connectivity index (χ0v) is 16.4. The molecule has 0 aliphatic rings. The van der Waals surface area contributed by atoms with Gasteiger partial charge in [0.15, 0.2) is 0 Å². The molecule has 140 valence electrons. The first-order chi connectivity index (χ1) is 13.0. The van der Waals surface area contributed by atoms with Gasteiger partial charge in [-0.15, -0.1) is 11.3 Å². The molecule has 0 saturated carbocycles. The first-order valence-electron chi connectivity index (χ1n) is 8.31. The van der Waals surface area contributed by atoms with Gasteiger partial charge in [0.1, 0.15) is 9.77 Å². The van der Waals surface area contributed by atoms with Gasteiger partial charge >= 0.3 is 5.97 Å². The minimum absolute atomic E-state index is 0.0312. The van der Waals surface area contributed by atoms with E-state index in [1.54, 1.807) is 29.6 Å². The van der Waals surface area contributed by atoms with Crippen LogP contribution >= 0.6 is 11.3 Å². The number of thiophene rings is 1. The summed E-state index contributed by atoms with van der Waals surface area (Å²) in [5, 5.41) is 1.58. The van der Waals surface area contributed by atoms with Gasteiger partial charge < -0.3 is 4.74 Å². The standard InChI is InChI=1S/C20H19NO4S2/c1-25-20(22)19-18(13-15-26-19)27(23,24)21(17-10-6-3-7-11-17)14-12-16-8-4-2-5-9-16/h2-11,13,15H,12,14H2,1H3. The number of sulfonamides is 1. The van der Waals surface area contributed by atoms with E-state index in [1.807, 2.05) is 36.4 Å². The van der Waals surface area contributed by atoms with E-state index in [4.69, 9.17) is 4.74 Å². The molecule has 0 N–H and O–H groups in total. The molecule has 1 aromatic heterocycles. The number of hydrogen-bond donors (Lipinski definition) is 0. The third-order valence-corrected chi connectivity index (χ3v) is 6.95. The molecule has 3 rings (SSSR count). The second kappa shape index (κ2) is 8.37. The maximum absolute atomic E-state index is 13.4. The molecule has 1 heterocycles. The highest BCUT2D eigenvalue weighted by molar-refractivity contribution is 7.93. The van der Waals surface area contributed by atoms with Gasteiger partial charge in [-0.1, -0.05) is 48.5 Å². The molecule has 0 amide bonds. The third kappa shape index (κ3) is 4.20. The highest BCUT2D eigenvalue weighted by Gasteiger charge is 2.30. The molecule has 0 aliphatic heterocycles. The molecule has 0 radical (unpaired) electrons. The zero-order chi connectivity index (χ0) is 19.3. The number of ether oxygens (including phenoxy) is 1. The topological polar surface area (TPSA) is 63.7 Å². The molecule has 0 bridgehead atoms. The molecular weight excluding hydrogens is 382 g/mol. The predicted octanol–water partition coefficient (Wildman–Crippen LogP) is 3.97. The Kier molecular flexibility index (Phi) is 5.93. The van der Waals surface area contributed by atoms with E-state index in [0.29, 0.717) is 12.1 Å². The molecule has 5 nitrogen and oxygen atoms in total. The number of benzene rings is 2. The van der Waals surface area contributed by atoms with E-state index in [1.165, 1.54) is 17.5 Å². The average Bonchev–Trinajstić information content (AvgIpc) is 3.20. The number of esters is 1. The van der Waals surface area contributed by atoms with Crippen molar-refractivity contribution >= 4 is 33.0 Å². The van der Waals surface area contributed by atoms with Crippen LogP contribution in [0.25, 0.3) is 0 Å². The van der Waals surface area contributed by atoms with Gasteiger partial charge in [-0.3, -0.25) is 4.31 Å². The van der Waals surface area contributed by atoms with Crippen LogP contribution in [-0.4, -0.2) is 28.0 Å². The van der Waals surface area contributed by atoms with Gasteiger partial charge in [-0.25, -0.2) is 13.2 Å². The highest BCUT2D eigenvalue weighted by Crippen LogP contribution is 2.29. The first-order valence-corrected chi connectivity index (χ1v) is 10.6. The Labute approximate surface area is 162 Å². The summed E-state index contributed by atoms with van der Waals surface area (Å²) in [5.74, 6) is -0.653. The van der Waals surface area contributed by atoms with Gasteiger partial charge in [0.2, 0.25) is 0 Å². The summed E-state index contributed by atoms with van der Waals surface area (Å²) in [4.78, 5) is 12.0. The monoisotopic (exact) mass is 401 g/mol. The number of carbonyl (C=O) groups excluding carboxylic acids is 1. The minimum atomic E-state index is -3.92. The molecule has 0 fully saturated rings. The van der Waals surface area contributed by atoms with Gasteiger partial charge in [-0.2, -0.15) is 0 Å². The maximum Gasteiger partial charge on any atom is 0.349 e. The summed E-state index contributed by atoms with van der Waals surface area (Å²) >= 11 is 1.06. The Balaban J connectivity index is 1.99. The lowest BCUT2D eigenvalue weighted by atomic mass is 10.1. The third-order valence-electron chi connectivity index (χ3n) is 4.06. The summed E-state index contributed by atoms with van der Waals surface area (Å²) in [6.45, 7) is 0.257. The van der Waals surface area contributed by atoms with Crippen molar-refractivity contribution < 1.29 is 17.9 Å². The fourth-order valence-corrected chi connectivity index (χ4v) is 5.49. The lowest BCUT2D eigenvalue weighted by Gasteiger charge is -2.24. The number of anilines is 1. The molecule has 0 aliphatic carbocycles. The molecule has 0 spiro atoms. The van der Waals surface area contributed by atoms with Gasteiger partial charge in [0, 0.05) is 6.54 Å². The van der Waals surface area contributed by atoms with E-state index in [2.05, 4.69) is 0 Å². The van der Waals surface area contributed by atoms with Crippen LogP contribution < -0.4 is 4.31 Å². The summed E-state index contributed by atoms with van der Waals surface area (Å²) in [6.07, 6.45) is 0.548. The van der Waals surface area contributed by atoms with Gasteiger partial charge in [0.25, 0.3) is 10.0 Å². The van der Waals surface area contributed by atoms with Crippen LogP contribution in [0.4, 0.5) is 5.69 Å². The summed E-state index contributed by atoms with van der Waals surface area (Å²) in [7, 11) is -2.68. The molecule has 2 aromatic carbocycles. The van der Waals surface area contributed by atoms with Crippen molar-refractivity contribution in [1.29, 1.82) is 0 Å². The van der Waals surface area contributed by atoms with Crippen molar-refractivity contribution in [2.75, 3.05) is 18.0 Å². The molecular formula is C20H19NO4S2. The lowest BCUT2D eigenvalue weighted by molar-refractivity contribution is 0.0602. The van der Waals surface area contributed by atoms with E-state index < -0.39 is 16.0 Å². The van der Waals surface area contributed by atoms with E-state index in [0.717, 1.165) is 16.9 Å². The van der Waals surface area contributed by atoms with E-state index >= 15 is 0 Å². The molecule has 0 atom stereocenters. The molecule has 7 heteroatoms. The Bertz CT molecular complexity index is 999. The van der Waals surface area contributed by atoms with Crippen LogP contribution in [0.3, 0.4) is 0 Å². The van der Waals surface area contributed by atoms with Gasteiger partial charge in [-0.05, 0) is 35.6 Å². The van der Waals surface area contributed by atoms with E-state index in [9.17, 15) is 13.2 Å². The number of rotatable bonds is 7. The van der Waals surface area contributed by atoms with Crippen LogP contribution in [0.15, 0.2) is 77.0 Å². The smallest absolute Gasteiger partial charge is 0.349 e. The van der Waals surface area contributed by atoms with Crippen LogP contribution in [0, 0.1) is 0 Å². The fraction of sp³-hybridized carbons (Fsp3) is 0.150. The van der Waals surface area contributed by atoms with Crippen molar-refractivity contribution in [3.63, 3.8) is 0 Å². The van der Waals surface area contributed by atoms with Crippen LogP contribution in [0.2, 0.25) is 0 Å². The number of carbonyl (C=O) groups is 1. The highest BCUT2D eigenvalue weighted by atomic mass is 32.2. The number of hydrogen-bond acceptors (Lipinski definition) is 5. The quantitative estimate of drug-likeness (QED) is 0.562. The number of nitrogens with zero attached hydrogens (tertiary/aromatic N) is 1. The average molecular weight is 402 g/mol. The van der Waals surface area contributed by atoms with Crippen molar-refractivity contribution in [3.8, 4) is 0 Å². The lowest BCUT2D eigenvalue weighted by Crippen LogP contribution is -2.33. The minimum Gasteiger partial charge on any atom is -0.465 e. The molecule has 27 heavy (non-hydrogen) atoms. The Hall–Kier alpha value is -2.64. The summed E-state index contributed by atoms with van der Waals surface area (Å²) in [6, 6.07) is 20.0. The van der Waals surface area contributed by atoms with Crippen molar-refractivity contribution in [2.45, 2.75) is 11.3 Å².